The van der Waals surface area contributed by atoms with Crippen LogP contribution in [0.4, 0.5) is 5.69 Å². The molecule has 0 aromatic heterocycles. The monoisotopic (exact) mass is 177 g/mol. The third-order valence-electron chi connectivity index (χ3n) is 1.47. The maximum atomic E-state index is 9.97. The lowest BCUT2D eigenvalue weighted by molar-refractivity contribution is 0.317. The zero-order valence-electron chi connectivity index (χ0n) is 7.49. The Morgan fingerprint density at radius 1 is 1.54 bits per heavy atom. The van der Waals surface area contributed by atoms with E-state index in [1.807, 2.05) is 13.0 Å². The van der Waals surface area contributed by atoms with Gasteiger partial charge in [0.2, 0.25) is 6.08 Å². The van der Waals surface area contributed by atoms with E-state index in [0.29, 0.717) is 12.3 Å². The van der Waals surface area contributed by atoms with E-state index >= 15 is 0 Å². The van der Waals surface area contributed by atoms with E-state index < -0.39 is 0 Å². The Morgan fingerprint density at radius 2 is 2.38 bits per heavy atom. The molecule has 0 saturated carbocycles. The van der Waals surface area contributed by atoms with Gasteiger partial charge in [-0.05, 0) is 18.6 Å². The zero-order chi connectivity index (χ0) is 9.52. The molecule has 0 atom stereocenters. The second-order valence-electron chi connectivity index (χ2n) is 2.55. The van der Waals surface area contributed by atoms with Crippen LogP contribution < -0.4 is 4.74 Å². The van der Waals surface area contributed by atoms with E-state index in [0.717, 1.165) is 12.2 Å². The second-order valence-corrected chi connectivity index (χ2v) is 2.55. The van der Waals surface area contributed by atoms with Crippen molar-refractivity contribution in [3.8, 4) is 5.75 Å². The van der Waals surface area contributed by atoms with Crippen LogP contribution in [0.3, 0.4) is 0 Å². The summed E-state index contributed by atoms with van der Waals surface area (Å²) < 4.78 is 5.35. The number of isocyanates is 1. The molecule has 0 fully saturated rings. The highest BCUT2D eigenvalue weighted by Crippen LogP contribution is 2.19. The molecule has 0 aliphatic rings. The summed E-state index contributed by atoms with van der Waals surface area (Å²) in [4.78, 5) is 13.5. The van der Waals surface area contributed by atoms with Gasteiger partial charge in [-0.25, -0.2) is 4.79 Å². The summed E-state index contributed by atoms with van der Waals surface area (Å²) in [6.07, 6.45) is 2.45. The third kappa shape index (κ3) is 3.09. The van der Waals surface area contributed by atoms with Crippen molar-refractivity contribution < 1.29 is 9.53 Å². The molecule has 0 aliphatic heterocycles. The molecule has 0 heterocycles. The molecule has 3 heteroatoms. The molecule has 0 spiro atoms. The lowest BCUT2D eigenvalue weighted by Crippen LogP contribution is -1.93. The van der Waals surface area contributed by atoms with E-state index in [9.17, 15) is 4.79 Å². The summed E-state index contributed by atoms with van der Waals surface area (Å²) >= 11 is 0. The molecule has 1 rings (SSSR count). The fourth-order valence-electron chi connectivity index (χ4n) is 0.915. The molecule has 0 bridgehead atoms. The summed E-state index contributed by atoms with van der Waals surface area (Å²) in [7, 11) is 0. The largest absolute Gasteiger partial charge is 0.494 e. The molecular formula is C10H11NO2. The molecule has 0 radical (unpaired) electrons. The number of ether oxygens (including phenoxy) is 1. The van der Waals surface area contributed by atoms with Crippen LogP contribution in [0, 0.1) is 0 Å². The standard InChI is InChI=1S/C10H11NO2/c1-2-6-13-10-5-3-4-9(7-10)11-8-12/h3-5,7H,2,6H2,1H3. The summed E-state index contributed by atoms with van der Waals surface area (Å²) in [5.41, 5.74) is 0.573. The van der Waals surface area contributed by atoms with Gasteiger partial charge in [-0.3, -0.25) is 0 Å². The summed E-state index contributed by atoms with van der Waals surface area (Å²) in [5, 5.41) is 0. The van der Waals surface area contributed by atoms with Gasteiger partial charge in [-0.15, -0.1) is 0 Å². The zero-order valence-corrected chi connectivity index (χ0v) is 7.49. The first-order chi connectivity index (χ1) is 6.36. The van der Waals surface area contributed by atoms with Crippen molar-refractivity contribution in [2.75, 3.05) is 6.61 Å². The van der Waals surface area contributed by atoms with Gasteiger partial charge in [0.25, 0.3) is 0 Å². The maximum absolute atomic E-state index is 9.97. The number of carbonyl (C=O) groups excluding carboxylic acids is 1. The predicted octanol–water partition coefficient (Wildman–Crippen LogP) is 2.44. The number of hydrogen-bond donors (Lipinski definition) is 0. The van der Waals surface area contributed by atoms with Crippen LogP contribution in [0.1, 0.15) is 13.3 Å². The Bertz CT molecular complexity index is 316. The Balaban J connectivity index is 2.73. The summed E-state index contributed by atoms with van der Waals surface area (Å²) in [5.74, 6) is 0.735. The molecule has 0 aliphatic carbocycles. The molecule has 0 amide bonds. The molecule has 68 valence electrons. The molecule has 1 aromatic rings. The summed E-state index contributed by atoms with van der Waals surface area (Å²) in [6, 6.07) is 7.06. The third-order valence-corrected chi connectivity index (χ3v) is 1.47. The average Bonchev–Trinajstić information content (AvgIpc) is 2.16. The van der Waals surface area contributed by atoms with Crippen molar-refractivity contribution in [1.29, 1.82) is 0 Å². The number of benzene rings is 1. The lowest BCUT2D eigenvalue weighted by Gasteiger charge is -2.03. The highest BCUT2D eigenvalue weighted by Gasteiger charge is 1.93. The fraction of sp³-hybridized carbons (Fsp3) is 0.300. The van der Waals surface area contributed by atoms with Gasteiger partial charge in [-0.1, -0.05) is 13.0 Å². The van der Waals surface area contributed by atoms with Crippen molar-refractivity contribution in [2.45, 2.75) is 13.3 Å². The smallest absolute Gasteiger partial charge is 0.240 e. The number of nitrogens with zero attached hydrogens (tertiary/aromatic N) is 1. The number of aliphatic imine (C=N–C) groups is 1. The molecule has 13 heavy (non-hydrogen) atoms. The number of rotatable bonds is 4. The molecule has 0 N–H and O–H groups in total. The SMILES string of the molecule is CCCOc1cccc(N=C=O)c1. The van der Waals surface area contributed by atoms with Crippen LogP contribution in [0.2, 0.25) is 0 Å². The van der Waals surface area contributed by atoms with Crippen LogP contribution in [0.25, 0.3) is 0 Å². The van der Waals surface area contributed by atoms with Gasteiger partial charge in [0.15, 0.2) is 0 Å². The minimum Gasteiger partial charge on any atom is -0.494 e. The van der Waals surface area contributed by atoms with E-state index in [-0.39, 0.29) is 0 Å². The van der Waals surface area contributed by atoms with Gasteiger partial charge >= 0.3 is 0 Å². The van der Waals surface area contributed by atoms with Crippen LogP contribution in [0.15, 0.2) is 29.3 Å². The van der Waals surface area contributed by atoms with E-state index in [1.54, 1.807) is 18.2 Å². The second kappa shape index (κ2) is 5.12. The molecular weight excluding hydrogens is 166 g/mol. The predicted molar refractivity (Wildman–Crippen MR) is 50.0 cm³/mol. The maximum Gasteiger partial charge on any atom is 0.240 e. The minimum absolute atomic E-state index is 0.573. The Labute approximate surface area is 77.1 Å². The van der Waals surface area contributed by atoms with Gasteiger partial charge < -0.3 is 4.74 Å². The van der Waals surface area contributed by atoms with Crippen molar-refractivity contribution in [3.63, 3.8) is 0 Å². The lowest BCUT2D eigenvalue weighted by atomic mass is 10.3. The van der Waals surface area contributed by atoms with Gasteiger partial charge in [0, 0.05) is 6.07 Å². The van der Waals surface area contributed by atoms with Crippen LogP contribution in [-0.4, -0.2) is 12.7 Å². The van der Waals surface area contributed by atoms with E-state index in [4.69, 9.17) is 4.74 Å². The minimum atomic E-state index is 0.573. The average molecular weight is 177 g/mol. The Hall–Kier alpha value is -1.60. The van der Waals surface area contributed by atoms with Gasteiger partial charge in [-0.2, -0.15) is 4.99 Å². The van der Waals surface area contributed by atoms with Gasteiger partial charge in [0.1, 0.15) is 5.75 Å². The molecule has 1 aromatic carbocycles. The van der Waals surface area contributed by atoms with Crippen molar-refractivity contribution >= 4 is 11.8 Å². The molecule has 0 unspecified atom stereocenters. The topological polar surface area (TPSA) is 38.7 Å². The Morgan fingerprint density at radius 3 is 3.08 bits per heavy atom. The highest BCUT2D eigenvalue weighted by molar-refractivity contribution is 5.51. The quantitative estimate of drug-likeness (QED) is 0.523. The fourth-order valence-corrected chi connectivity index (χ4v) is 0.915. The summed E-state index contributed by atoms with van der Waals surface area (Å²) in [6.45, 7) is 2.71. The first-order valence-electron chi connectivity index (χ1n) is 4.17. The van der Waals surface area contributed by atoms with Crippen molar-refractivity contribution in [3.05, 3.63) is 24.3 Å². The first kappa shape index (κ1) is 9.49. The van der Waals surface area contributed by atoms with Gasteiger partial charge in [0.05, 0.1) is 12.3 Å². The van der Waals surface area contributed by atoms with Crippen molar-refractivity contribution in [1.82, 2.24) is 0 Å². The van der Waals surface area contributed by atoms with Crippen LogP contribution in [-0.2, 0) is 4.79 Å². The first-order valence-corrected chi connectivity index (χ1v) is 4.17. The molecule has 0 saturated heterocycles. The van der Waals surface area contributed by atoms with Crippen LogP contribution >= 0.6 is 0 Å². The number of hydrogen-bond acceptors (Lipinski definition) is 3. The van der Waals surface area contributed by atoms with E-state index in [1.165, 1.54) is 6.08 Å². The normalized spacial score (nSPS) is 9.00. The van der Waals surface area contributed by atoms with Crippen molar-refractivity contribution in [2.24, 2.45) is 4.99 Å². The van der Waals surface area contributed by atoms with E-state index in [2.05, 4.69) is 4.99 Å². The molecule has 3 nitrogen and oxygen atoms in total. The van der Waals surface area contributed by atoms with Crippen LogP contribution in [0.5, 0.6) is 5.75 Å². The highest BCUT2D eigenvalue weighted by atomic mass is 16.5. The Kier molecular flexibility index (Phi) is 3.74.